The molecule has 0 amide bonds. The first-order chi connectivity index (χ1) is 8.27. The molecule has 0 aromatic heterocycles. The van der Waals surface area contributed by atoms with Gasteiger partial charge in [0, 0.05) is 26.3 Å². The molecule has 3 heteroatoms. The molecule has 2 unspecified atom stereocenters. The Kier molecular flexibility index (Phi) is 3.42. The van der Waals surface area contributed by atoms with Gasteiger partial charge >= 0.3 is 0 Å². The Labute approximate surface area is 105 Å². The summed E-state index contributed by atoms with van der Waals surface area (Å²) in [6.07, 6.45) is 5.42. The predicted molar refractivity (Wildman–Crippen MR) is 69.1 cm³/mol. The van der Waals surface area contributed by atoms with Gasteiger partial charge in [-0.15, -0.1) is 0 Å². The molecule has 0 aromatic rings. The maximum atomic E-state index is 5.56. The first-order valence-electron chi connectivity index (χ1n) is 7.24. The largest absolute Gasteiger partial charge is 0.381 e. The van der Waals surface area contributed by atoms with Crippen LogP contribution in [0.15, 0.2) is 0 Å². The second kappa shape index (κ2) is 4.87. The lowest BCUT2D eigenvalue weighted by Crippen LogP contribution is -2.49. The molecule has 17 heavy (non-hydrogen) atoms. The number of hydrogen-bond donors (Lipinski definition) is 1. The smallest absolute Gasteiger partial charge is 0.0471 e. The number of likely N-dealkylation sites (tertiary alicyclic amines) is 1. The molecule has 1 N–H and O–H groups in total. The van der Waals surface area contributed by atoms with Crippen LogP contribution < -0.4 is 5.32 Å². The average Bonchev–Trinajstić information content (AvgIpc) is 2.82. The van der Waals surface area contributed by atoms with Gasteiger partial charge in [-0.25, -0.2) is 0 Å². The van der Waals surface area contributed by atoms with Gasteiger partial charge in [0.05, 0.1) is 0 Å². The molecular formula is C14H26N2O. The fraction of sp³-hybridized carbons (Fsp3) is 1.00. The summed E-state index contributed by atoms with van der Waals surface area (Å²) in [6.45, 7) is 7.08. The molecule has 0 bridgehead atoms. The van der Waals surface area contributed by atoms with Crippen LogP contribution in [0.4, 0.5) is 0 Å². The van der Waals surface area contributed by atoms with E-state index in [9.17, 15) is 0 Å². The van der Waals surface area contributed by atoms with Crippen LogP contribution in [0.1, 0.15) is 25.7 Å². The summed E-state index contributed by atoms with van der Waals surface area (Å²) >= 11 is 0. The first-order valence-corrected chi connectivity index (χ1v) is 7.24. The SMILES string of the molecule is CN1CC(C2CCNC2)CC2(CCOCC2)C1. The van der Waals surface area contributed by atoms with E-state index in [0.29, 0.717) is 5.41 Å². The molecule has 3 saturated heterocycles. The van der Waals surface area contributed by atoms with Crippen molar-refractivity contribution in [3.63, 3.8) is 0 Å². The zero-order valence-corrected chi connectivity index (χ0v) is 11.1. The molecule has 98 valence electrons. The lowest BCUT2D eigenvalue weighted by atomic mass is 9.67. The third-order valence-electron chi connectivity index (χ3n) is 5.17. The highest BCUT2D eigenvalue weighted by molar-refractivity contribution is 4.94. The highest BCUT2D eigenvalue weighted by atomic mass is 16.5. The monoisotopic (exact) mass is 238 g/mol. The molecule has 3 aliphatic rings. The number of nitrogens with zero attached hydrogens (tertiary/aromatic N) is 1. The van der Waals surface area contributed by atoms with Crippen molar-refractivity contribution >= 4 is 0 Å². The Hall–Kier alpha value is -0.120. The molecule has 1 spiro atoms. The standard InChI is InChI=1S/C14H26N2O/c1-16-10-13(12-2-5-15-9-12)8-14(11-16)3-6-17-7-4-14/h12-13,15H,2-11H2,1H3. The fourth-order valence-corrected chi connectivity index (χ4v) is 4.28. The highest BCUT2D eigenvalue weighted by Gasteiger charge is 2.42. The molecule has 3 rings (SSSR count). The van der Waals surface area contributed by atoms with Crippen molar-refractivity contribution in [3.05, 3.63) is 0 Å². The van der Waals surface area contributed by atoms with E-state index in [1.54, 1.807) is 0 Å². The van der Waals surface area contributed by atoms with Crippen LogP contribution in [-0.2, 0) is 4.74 Å². The van der Waals surface area contributed by atoms with E-state index in [2.05, 4.69) is 17.3 Å². The van der Waals surface area contributed by atoms with Crippen molar-refractivity contribution in [2.24, 2.45) is 17.3 Å². The van der Waals surface area contributed by atoms with Gasteiger partial charge in [0.1, 0.15) is 0 Å². The Balaban J connectivity index is 1.69. The van der Waals surface area contributed by atoms with Crippen molar-refractivity contribution in [2.75, 3.05) is 46.4 Å². The Morgan fingerprint density at radius 3 is 2.76 bits per heavy atom. The second-order valence-electron chi connectivity index (χ2n) is 6.53. The van der Waals surface area contributed by atoms with Gasteiger partial charge in [-0.2, -0.15) is 0 Å². The Morgan fingerprint density at radius 1 is 1.24 bits per heavy atom. The zero-order chi connectivity index (χ0) is 11.7. The summed E-state index contributed by atoms with van der Waals surface area (Å²) < 4.78 is 5.56. The van der Waals surface area contributed by atoms with Gasteiger partial charge in [0.15, 0.2) is 0 Å². The molecule has 2 atom stereocenters. The molecule has 0 aliphatic carbocycles. The Morgan fingerprint density at radius 2 is 2.06 bits per heavy atom. The molecule has 3 fully saturated rings. The molecule has 0 radical (unpaired) electrons. The average molecular weight is 238 g/mol. The maximum Gasteiger partial charge on any atom is 0.0471 e. The normalized spacial score (nSPS) is 38.6. The van der Waals surface area contributed by atoms with Gasteiger partial charge < -0.3 is 15.0 Å². The van der Waals surface area contributed by atoms with Gasteiger partial charge in [-0.05, 0) is 63.1 Å². The van der Waals surface area contributed by atoms with Gasteiger partial charge in [-0.3, -0.25) is 0 Å². The van der Waals surface area contributed by atoms with Crippen molar-refractivity contribution in [1.82, 2.24) is 10.2 Å². The van der Waals surface area contributed by atoms with E-state index in [1.165, 1.54) is 51.9 Å². The number of nitrogens with one attached hydrogen (secondary N) is 1. The minimum Gasteiger partial charge on any atom is -0.381 e. The maximum absolute atomic E-state index is 5.56. The van der Waals surface area contributed by atoms with E-state index in [-0.39, 0.29) is 0 Å². The first kappa shape index (κ1) is 11.9. The van der Waals surface area contributed by atoms with E-state index < -0.39 is 0 Å². The third kappa shape index (κ3) is 2.51. The van der Waals surface area contributed by atoms with Crippen LogP contribution >= 0.6 is 0 Å². The summed E-state index contributed by atoms with van der Waals surface area (Å²) in [5.41, 5.74) is 0.582. The number of rotatable bonds is 1. The van der Waals surface area contributed by atoms with E-state index in [1.807, 2.05) is 0 Å². The molecule has 0 saturated carbocycles. The lowest BCUT2D eigenvalue weighted by molar-refractivity contribution is -0.0460. The minimum absolute atomic E-state index is 0.582. The predicted octanol–water partition coefficient (Wildman–Crippen LogP) is 1.34. The summed E-state index contributed by atoms with van der Waals surface area (Å²) in [6, 6.07) is 0. The second-order valence-corrected chi connectivity index (χ2v) is 6.53. The van der Waals surface area contributed by atoms with Crippen molar-refractivity contribution in [2.45, 2.75) is 25.7 Å². The summed E-state index contributed by atoms with van der Waals surface area (Å²) in [5.74, 6) is 1.85. The topological polar surface area (TPSA) is 24.5 Å². The van der Waals surface area contributed by atoms with Crippen molar-refractivity contribution in [3.8, 4) is 0 Å². The van der Waals surface area contributed by atoms with Crippen LogP contribution in [-0.4, -0.2) is 51.3 Å². The molecule has 3 heterocycles. The van der Waals surface area contributed by atoms with E-state index >= 15 is 0 Å². The van der Waals surface area contributed by atoms with Gasteiger partial charge in [0.25, 0.3) is 0 Å². The summed E-state index contributed by atoms with van der Waals surface area (Å²) in [5, 5.41) is 3.53. The number of ether oxygens (including phenoxy) is 1. The van der Waals surface area contributed by atoms with Gasteiger partial charge in [-0.1, -0.05) is 0 Å². The zero-order valence-electron chi connectivity index (χ0n) is 11.1. The van der Waals surface area contributed by atoms with Gasteiger partial charge in [0.2, 0.25) is 0 Å². The Bertz CT molecular complexity index is 257. The van der Waals surface area contributed by atoms with Crippen molar-refractivity contribution in [1.29, 1.82) is 0 Å². The summed E-state index contributed by atoms with van der Waals surface area (Å²) in [4.78, 5) is 2.58. The quantitative estimate of drug-likeness (QED) is 0.746. The number of piperidine rings is 1. The minimum atomic E-state index is 0.582. The van der Waals surface area contributed by atoms with Crippen molar-refractivity contribution < 1.29 is 4.74 Å². The fourth-order valence-electron chi connectivity index (χ4n) is 4.28. The molecular weight excluding hydrogens is 212 g/mol. The number of hydrogen-bond acceptors (Lipinski definition) is 3. The lowest BCUT2D eigenvalue weighted by Gasteiger charge is -2.48. The van der Waals surface area contributed by atoms with Crippen LogP contribution in [0.5, 0.6) is 0 Å². The summed E-state index contributed by atoms with van der Waals surface area (Å²) in [7, 11) is 2.31. The molecule has 0 aromatic carbocycles. The molecule has 3 aliphatic heterocycles. The van der Waals surface area contributed by atoms with Crippen LogP contribution in [0.2, 0.25) is 0 Å². The van der Waals surface area contributed by atoms with E-state index in [0.717, 1.165) is 25.0 Å². The molecule has 3 nitrogen and oxygen atoms in total. The highest BCUT2D eigenvalue weighted by Crippen LogP contribution is 2.43. The van der Waals surface area contributed by atoms with E-state index in [4.69, 9.17) is 4.74 Å². The van der Waals surface area contributed by atoms with Crippen LogP contribution in [0.3, 0.4) is 0 Å². The van der Waals surface area contributed by atoms with Crippen LogP contribution in [0.25, 0.3) is 0 Å². The van der Waals surface area contributed by atoms with Crippen LogP contribution in [0, 0.1) is 17.3 Å². The third-order valence-corrected chi connectivity index (χ3v) is 5.17.